The predicted molar refractivity (Wildman–Crippen MR) is 65.8 cm³/mol. The highest BCUT2D eigenvalue weighted by Gasteiger charge is 2.15. The molecular weight excluding hydrogens is 249 g/mol. The Morgan fingerprint density at radius 2 is 1.89 bits per heavy atom. The lowest BCUT2D eigenvalue weighted by Crippen LogP contribution is -2.35. The third-order valence-corrected chi connectivity index (χ3v) is 3.03. The smallest absolute Gasteiger partial charge is 0.257 e. The van der Waals surface area contributed by atoms with Gasteiger partial charge in [0.05, 0.1) is 19.8 Å². The van der Waals surface area contributed by atoms with Gasteiger partial charge < -0.3 is 9.26 Å². The Balaban J connectivity index is 1.70. The molecule has 0 N–H and O–H groups in total. The SMILES string of the molecule is Fc1ccc(-c2nc(CN3CCOCC3)no2)cc1. The first-order valence-corrected chi connectivity index (χ1v) is 6.20. The second-order valence-electron chi connectivity index (χ2n) is 4.41. The lowest BCUT2D eigenvalue weighted by Gasteiger charge is -2.24. The summed E-state index contributed by atoms with van der Waals surface area (Å²) in [5, 5.41) is 3.95. The number of hydrogen-bond acceptors (Lipinski definition) is 5. The Morgan fingerprint density at radius 1 is 1.16 bits per heavy atom. The summed E-state index contributed by atoms with van der Waals surface area (Å²) in [7, 11) is 0. The van der Waals surface area contributed by atoms with Gasteiger partial charge in [-0.2, -0.15) is 4.98 Å². The van der Waals surface area contributed by atoms with E-state index in [4.69, 9.17) is 9.26 Å². The van der Waals surface area contributed by atoms with Crippen molar-refractivity contribution in [1.82, 2.24) is 15.0 Å². The molecule has 19 heavy (non-hydrogen) atoms. The summed E-state index contributed by atoms with van der Waals surface area (Å²) in [6, 6.07) is 6.01. The van der Waals surface area contributed by atoms with Crippen molar-refractivity contribution in [3.63, 3.8) is 0 Å². The molecule has 0 spiro atoms. The van der Waals surface area contributed by atoms with E-state index < -0.39 is 0 Å². The molecule has 100 valence electrons. The van der Waals surface area contributed by atoms with Crippen LogP contribution in [0, 0.1) is 5.82 Å². The van der Waals surface area contributed by atoms with Gasteiger partial charge in [-0.1, -0.05) is 5.16 Å². The Kier molecular flexibility index (Phi) is 3.52. The van der Waals surface area contributed by atoms with Crippen LogP contribution in [0.3, 0.4) is 0 Å². The van der Waals surface area contributed by atoms with E-state index in [1.165, 1.54) is 12.1 Å². The second kappa shape index (κ2) is 5.46. The highest BCUT2D eigenvalue weighted by molar-refractivity contribution is 5.52. The average Bonchev–Trinajstić information content (AvgIpc) is 2.89. The maximum atomic E-state index is 12.8. The molecule has 6 heteroatoms. The van der Waals surface area contributed by atoms with Crippen LogP contribution in [0.15, 0.2) is 28.8 Å². The highest BCUT2D eigenvalue weighted by atomic mass is 19.1. The van der Waals surface area contributed by atoms with Crippen LogP contribution in [0.1, 0.15) is 5.82 Å². The minimum atomic E-state index is -0.281. The molecule has 1 saturated heterocycles. The summed E-state index contributed by atoms with van der Waals surface area (Å²) < 4.78 is 23.3. The van der Waals surface area contributed by atoms with Gasteiger partial charge in [0, 0.05) is 18.7 Å². The first-order valence-electron chi connectivity index (χ1n) is 6.20. The Morgan fingerprint density at radius 3 is 2.63 bits per heavy atom. The van der Waals surface area contributed by atoms with Crippen molar-refractivity contribution in [3.8, 4) is 11.5 Å². The van der Waals surface area contributed by atoms with E-state index in [0.29, 0.717) is 18.3 Å². The average molecular weight is 263 g/mol. The molecule has 2 heterocycles. The summed E-state index contributed by atoms with van der Waals surface area (Å²) in [5.74, 6) is 0.779. The molecule has 5 nitrogen and oxygen atoms in total. The molecule has 1 aromatic heterocycles. The number of ether oxygens (including phenoxy) is 1. The van der Waals surface area contributed by atoms with Crippen molar-refractivity contribution in [3.05, 3.63) is 35.9 Å². The third-order valence-electron chi connectivity index (χ3n) is 3.03. The monoisotopic (exact) mass is 263 g/mol. The fraction of sp³-hybridized carbons (Fsp3) is 0.385. The van der Waals surface area contributed by atoms with Gasteiger partial charge in [0.15, 0.2) is 5.82 Å². The van der Waals surface area contributed by atoms with Gasteiger partial charge in [-0.05, 0) is 24.3 Å². The van der Waals surface area contributed by atoms with Gasteiger partial charge in [-0.15, -0.1) is 0 Å². The molecule has 0 aliphatic carbocycles. The third kappa shape index (κ3) is 2.97. The van der Waals surface area contributed by atoms with Gasteiger partial charge in [-0.25, -0.2) is 4.39 Å². The van der Waals surface area contributed by atoms with E-state index in [1.807, 2.05) is 0 Å². The zero-order valence-corrected chi connectivity index (χ0v) is 10.4. The van der Waals surface area contributed by atoms with Gasteiger partial charge in [0.25, 0.3) is 5.89 Å². The second-order valence-corrected chi connectivity index (χ2v) is 4.41. The van der Waals surface area contributed by atoms with Crippen LogP contribution in [0.25, 0.3) is 11.5 Å². The standard InChI is InChI=1S/C13H14FN3O2/c14-11-3-1-10(2-4-11)13-15-12(16-19-13)9-17-5-7-18-8-6-17/h1-4H,5-9H2. The molecule has 2 aromatic rings. The normalized spacial score (nSPS) is 16.7. The van der Waals surface area contributed by atoms with Crippen LogP contribution >= 0.6 is 0 Å². The minimum Gasteiger partial charge on any atom is -0.379 e. The molecule has 0 saturated carbocycles. The molecule has 1 aromatic carbocycles. The Bertz CT molecular complexity index is 535. The molecule has 0 bridgehead atoms. The number of hydrogen-bond donors (Lipinski definition) is 0. The molecule has 3 rings (SSSR count). The van der Waals surface area contributed by atoms with Crippen molar-refractivity contribution in [2.24, 2.45) is 0 Å². The van der Waals surface area contributed by atoms with E-state index in [0.717, 1.165) is 31.9 Å². The van der Waals surface area contributed by atoms with Crippen LogP contribution < -0.4 is 0 Å². The zero-order chi connectivity index (χ0) is 13.1. The zero-order valence-electron chi connectivity index (χ0n) is 10.4. The van der Waals surface area contributed by atoms with Gasteiger partial charge in [0.1, 0.15) is 5.82 Å². The number of aromatic nitrogens is 2. The van der Waals surface area contributed by atoms with Crippen molar-refractivity contribution in [2.75, 3.05) is 26.3 Å². The number of halogens is 1. The number of nitrogens with zero attached hydrogens (tertiary/aromatic N) is 3. The minimum absolute atomic E-state index is 0.281. The largest absolute Gasteiger partial charge is 0.379 e. The van der Waals surface area contributed by atoms with Crippen LogP contribution in [0.2, 0.25) is 0 Å². The van der Waals surface area contributed by atoms with Gasteiger partial charge in [-0.3, -0.25) is 4.90 Å². The van der Waals surface area contributed by atoms with Crippen molar-refractivity contribution in [2.45, 2.75) is 6.54 Å². The molecule has 0 atom stereocenters. The first-order chi connectivity index (χ1) is 9.31. The summed E-state index contributed by atoms with van der Waals surface area (Å²) >= 11 is 0. The van der Waals surface area contributed by atoms with E-state index in [-0.39, 0.29) is 5.82 Å². The maximum absolute atomic E-state index is 12.8. The van der Waals surface area contributed by atoms with Gasteiger partial charge >= 0.3 is 0 Å². The fourth-order valence-corrected chi connectivity index (χ4v) is 1.99. The molecule has 0 unspecified atom stereocenters. The Hall–Kier alpha value is -1.79. The van der Waals surface area contributed by atoms with Crippen LogP contribution in [0.4, 0.5) is 4.39 Å². The molecule has 0 radical (unpaired) electrons. The quantitative estimate of drug-likeness (QED) is 0.843. The van der Waals surface area contributed by atoms with Crippen LogP contribution in [-0.2, 0) is 11.3 Å². The number of benzene rings is 1. The summed E-state index contributed by atoms with van der Waals surface area (Å²) in [5.41, 5.74) is 0.724. The molecule has 0 amide bonds. The molecular formula is C13H14FN3O2. The molecule has 1 aliphatic heterocycles. The van der Waals surface area contributed by atoms with E-state index in [9.17, 15) is 4.39 Å². The topological polar surface area (TPSA) is 51.4 Å². The van der Waals surface area contributed by atoms with Crippen LogP contribution in [-0.4, -0.2) is 41.3 Å². The summed E-state index contributed by atoms with van der Waals surface area (Å²) in [6.07, 6.45) is 0. The van der Waals surface area contributed by atoms with E-state index >= 15 is 0 Å². The van der Waals surface area contributed by atoms with Crippen LogP contribution in [0.5, 0.6) is 0 Å². The van der Waals surface area contributed by atoms with Crippen molar-refractivity contribution in [1.29, 1.82) is 0 Å². The lowest BCUT2D eigenvalue weighted by molar-refractivity contribution is 0.0327. The van der Waals surface area contributed by atoms with Crippen molar-refractivity contribution >= 4 is 0 Å². The number of morpholine rings is 1. The predicted octanol–water partition coefficient (Wildman–Crippen LogP) is 1.71. The first kappa shape index (κ1) is 12.3. The van der Waals surface area contributed by atoms with E-state index in [2.05, 4.69) is 15.0 Å². The Labute approximate surface area is 110 Å². The highest BCUT2D eigenvalue weighted by Crippen LogP contribution is 2.17. The van der Waals surface area contributed by atoms with Gasteiger partial charge in [0.2, 0.25) is 0 Å². The summed E-state index contributed by atoms with van der Waals surface area (Å²) in [6.45, 7) is 3.88. The number of rotatable bonds is 3. The maximum Gasteiger partial charge on any atom is 0.257 e. The summed E-state index contributed by atoms with van der Waals surface area (Å²) in [4.78, 5) is 6.53. The fourth-order valence-electron chi connectivity index (χ4n) is 1.99. The molecule has 1 fully saturated rings. The van der Waals surface area contributed by atoms with E-state index in [1.54, 1.807) is 12.1 Å². The van der Waals surface area contributed by atoms with Crippen molar-refractivity contribution < 1.29 is 13.7 Å². The lowest BCUT2D eigenvalue weighted by atomic mass is 10.2. The molecule has 1 aliphatic rings.